The van der Waals surface area contributed by atoms with Gasteiger partial charge >= 0.3 is 0 Å². The summed E-state index contributed by atoms with van der Waals surface area (Å²) in [5.41, 5.74) is 2.45. The lowest BCUT2D eigenvalue weighted by Crippen LogP contribution is -2.36. The molecule has 1 aliphatic heterocycles. The Balaban J connectivity index is 1.67. The number of carbonyl (C=O) groups is 1. The summed E-state index contributed by atoms with van der Waals surface area (Å²) in [4.78, 5) is 17.3. The zero-order valence-corrected chi connectivity index (χ0v) is 16.5. The number of rotatable bonds is 4. The number of hydrogen-bond donors (Lipinski definition) is 0. The average Bonchev–Trinajstić information content (AvgIpc) is 3.02. The molecule has 1 aliphatic rings. The van der Waals surface area contributed by atoms with Crippen LogP contribution in [0.3, 0.4) is 0 Å². The fraction of sp³-hybridized carbons (Fsp3) is 0.588. The molecule has 3 heterocycles. The van der Waals surface area contributed by atoms with E-state index in [1.165, 1.54) is 0 Å². The van der Waals surface area contributed by atoms with E-state index in [0.717, 1.165) is 54.2 Å². The maximum atomic E-state index is 13.0. The molecular weight excluding hydrogens is 386 g/mol. The molecule has 7 nitrogen and oxygen atoms in total. The minimum atomic E-state index is 0.0495. The molecule has 1 saturated heterocycles. The number of halogens is 1. The maximum Gasteiger partial charge on any atom is 0.273 e. The Bertz CT molecular complexity index is 754. The molecule has 136 valence electrons. The smallest absolute Gasteiger partial charge is 0.273 e. The normalized spacial score (nSPS) is 16.2. The Hall–Kier alpha value is -1.67. The van der Waals surface area contributed by atoms with Crippen LogP contribution in [-0.4, -0.2) is 56.8 Å². The second-order valence-electron chi connectivity index (χ2n) is 6.41. The fourth-order valence-corrected chi connectivity index (χ4v) is 3.65. The molecule has 1 amide bonds. The molecule has 2 aromatic rings. The molecule has 0 atom stereocenters. The number of carbonyl (C=O) groups excluding carboxylic acids is 1. The van der Waals surface area contributed by atoms with Gasteiger partial charge in [0.1, 0.15) is 11.5 Å². The van der Waals surface area contributed by atoms with Crippen LogP contribution in [0, 0.1) is 13.8 Å². The topological polar surface area (TPSA) is 67.4 Å². The molecule has 25 heavy (non-hydrogen) atoms. The Morgan fingerprint density at radius 1 is 1.28 bits per heavy atom. The van der Waals surface area contributed by atoms with Crippen LogP contribution in [0.4, 0.5) is 0 Å². The third-order valence-corrected chi connectivity index (χ3v) is 5.44. The second kappa shape index (κ2) is 7.70. The van der Waals surface area contributed by atoms with Crippen molar-refractivity contribution in [2.75, 3.05) is 26.2 Å². The molecule has 2 aromatic heterocycles. The van der Waals surface area contributed by atoms with Gasteiger partial charge in [0.15, 0.2) is 0 Å². The van der Waals surface area contributed by atoms with Crippen molar-refractivity contribution in [3.63, 3.8) is 0 Å². The van der Waals surface area contributed by atoms with Crippen LogP contribution in [0.25, 0.3) is 0 Å². The first-order valence-corrected chi connectivity index (χ1v) is 9.45. The van der Waals surface area contributed by atoms with Crippen molar-refractivity contribution in [3.05, 3.63) is 33.4 Å². The Morgan fingerprint density at radius 2 is 2.08 bits per heavy atom. The summed E-state index contributed by atoms with van der Waals surface area (Å²) in [6, 6.07) is 1.97. The lowest BCUT2D eigenvalue weighted by molar-refractivity contribution is 0.0747. The third kappa shape index (κ3) is 3.95. The summed E-state index contributed by atoms with van der Waals surface area (Å²) in [7, 11) is 0. The van der Waals surface area contributed by atoms with E-state index in [1.54, 1.807) is 4.68 Å². The first-order chi connectivity index (χ1) is 12.0. The standard InChI is InChI=1S/C17H24BrN5O2/c1-4-23-16(15(18)13(3)19-23)17(24)22-7-5-6-21(8-9-22)11-14-10-12(2)25-20-14/h10H,4-9,11H2,1-3H3. The van der Waals surface area contributed by atoms with E-state index in [2.05, 4.69) is 31.1 Å². The molecule has 0 aliphatic carbocycles. The average molecular weight is 410 g/mol. The molecule has 3 rings (SSSR count). The Morgan fingerprint density at radius 3 is 2.76 bits per heavy atom. The zero-order chi connectivity index (χ0) is 18.0. The van der Waals surface area contributed by atoms with Crippen LogP contribution >= 0.6 is 15.9 Å². The summed E-state index contributed by atoms with van der Waals surface area (Å²) in [5.74, 6) is 0.878. The van der Waals surface area contributed by atoms with E-state index >= 15 is 0 Å². The molecule has 0 spiro atoms. The molecule has 0 N–H and O–H groups in total. The first kappa shape index (κ1) is 18.1. The highest BCUT2D eigenvalue weighted by Gasteiger charge is 2.26. The van der Waals surface area contributed by atoms with Crippen LogP contribution in [0.15, 0.2) is 15.1 Å². The van der Waals surface area contributed by atoms with Gasteiger partial charge in [-0.05, 0) is 43.1 Å². The number of aryl methyl sites for hydroxylation is 3. The lowest BCUT2D eigenvalue weighted by Gasteiger charge is -2.22. The number of amides is 1. The van der Waals surface area contributed by atoms with Crippen LogP contribution in [0.2, 0.25) is 0 Å². The van der Waals surface area contributed by atoms with Gasteiger partial charge < -0.3 is 9.42 Å². The van der Waals surface area contributed by atoms with Crippen molar-refractivity contribution in [1.82, 2.24) is 24.7 Å². The van der Waals surface area contributed by atoms with Gasteiger partial charge in [-0.1, -0.05) is 5.16 Å². The lowest BCUT2D eigenvalue weighted by atomic mass is 10.3. The van der Waals surface area contributed by atoms with Gasteiger partial charge in [-0.3, -0.25) is 14.4 Å². The molecule has 1 fully saturated rings. The summed E-state index contributed by atoms with van der Waals surface area (Å²) in [6.45, 7) is 10.5. The summed E-state index contributed by atoms with van der Waals surface area (Å²) in [6.07, 6.45) is 0.944. The summed E-state index contributed by atoms with van der Waals surface area (Å²) >= 11 is 3.53. The first-order valence-electron chi connectivity index (χ1n) is 8.66. The van der Waals surface area contributed by atoms with Crippen molar-refractivity contribution in [1.29, 1.82) is 0 Å². The van der Waals surface area contributed by atoms with E-state index in [9.17, 15) is 4.79 Å². The van der Waals surface area contributed by atoms with Gasteiger partial charge in [0.2, 0.25) is 0 Å². The quantitative estimate of drug-likeness (QED) is 0.775. The van der Waals surface area contributed by atoms with E-state index in [1.807, 2.05) is 31.7 Å². The Labute approximate surface area is 156 Å². The van der Waals surface area contributed by atoms with Crippen molar-refractivity contribution in [2.24, 2.45) is 0 Å². The predicted octanol–water partition coefficient (Wildman–Crippen LogP) is 2.62. The van der Waals surface area contributed by atoms with E-state index in [0.29, 0.717) is 18.8 Å². The largest absolute Gasteiger partial charge is 0.361 e. The fourth-order valence-electron chi connectivity index (χ4n) is 3.20. The molecule has 0 bridgehead atoms. The van der Waals surface area contributed by atoms with Crippen molar-refractivity contribution in [2.45, 2.75) is 40.3 Å². The van der Waals surface area contributed by atoms with Crippen LogP contribution < -0.4 is 0 Å². The zero-order valence-electron chi connectivity index (χ0n) is 15.0. The third-order valence-electron chi connectivity index (χ3n) is 4.49. The minimum absolute atomic E-state index is 0.0495. The Kier molecular flexibility index (Phi) is 5.58. The van der Waals surface area contributed by atoms with Crippen LogP contribution in [-0.2, 0) is 13.1 Å². The van der Waals surface area contributed by atoms with Crippen molar-refractivity contribution < 1.29 is 9.32 Å². The highest BCUT2D eigenvalue weighted by Crippen LogP contribution is 2.23. The van der Waals surface area contributed by atoms with E-state index in [-0.39, 0.29) is 5.91 Å². The van der Waals surface area contributed by atoms with Crippen LogP contribution in [0.5, 0.6) is 0 Å². The molecule has 0 saturated carbocycles. The molecule has 0 aromatic carbocycles. The van der Waals surface area contributed by atoms with Gasteiger partial charge in [0, 0.05) is 45.3 Å². The highest BCUT2D eigenvalue weighted by atomic mass is 79.9. The SMILES string of the molecule is CCn1nc(C)c(Br)c1C(=O)N1CCCN(Cc2cc(C)on2)CC1. The minimum Gasteiger partial charge on any atom is -0.361 e. The van der Waals surface area contributed by atoms with Gasteiger partial charge in [-0.25, -0.2) is 0 Å². The molecule has 0 unspecified atom stereocenters. The van der Waals surface area contributed by atoms with E-state index in [4.69, 9.17) is 4.52 Å². The van der Waals surface area contributed by atoms with Crippen LogP contribution in [0.1, 0.15) is 41.0 Å². The summed E-state index contributed by atoms with van der Waals surface area (Å²) < 4.78 is 7.72. The van der Waals surface area contributed by atoms with Gasteiger partial charge in [-0.15, -0.1) is 0 Å². The van der Waals surface area contributed by atoms with Crippen molar-refractivity contribution >= 4 is 21.8 Å². The van der Waals surface area contributed by atoms with Gasteiger partial charge in [-0.2, -0.15) is 5.10 Å². The number of aromatic nitrogens is 3. The number of nitrogens with zero attached hydrogens (tertiary/aromatic N) is 5. The monoisotopic (exact) mass is 409 g/mol. The maximum absolute atomic E-state index is 13.0. The second-order valence-corrected chi connectivity index (χ2v) is 7.21. The number of hydrogen-bond acceptors (Lipinski definition) is 5. The molecule has 8 heteroatoms. The molecular formula is C17H24BrN5O2. The highest BCUT2D eigenvalue weighted by molar-refractivity contribution is 9.10. The summed E-state index contributed by atoms with van der Waals surface area (Å²) in [5, 5.41) is 8.50. The van der Waals surface area contributed by atoms with E-state index < -0.39 is 0 Å². The molecule has 0 radical (unpaired) electrons. The van der Waals surface area contributed by atoms with Gasteiger partial charge in [0.05, 0.1) is 15.9 Å². The van der Waals surface area contributed by atoms with Gasteiger partial charge in [0.25, 0.3) is 5.91 Å². The predicted molar refractivity (Wildman–Crippen MR) is 97.4 cm³/mol. The van der Waals surface area contributed by atoms with Crippen molar-refractivity contribution in [3.8, 4) is 0 Å².